The molecule has 0 spiro atoms. The fraction of sp³-hybridized carbons (Fsp3) is 0.286. The van der Waals surface area contributed by atoms with Crippen molar-refractivity contribution in [1.29, 1.82) is 0 Å². The second kappa shape index (κ2) is 5.73. The van der Waals surface area contributed by atoms with Crippen LogP contribution in [0.4, 0.5) is 14.6 Å². The van der Waals surface area contributed by atoms with Crippen LogP contribution in [0.25, 0.3) is 11.4 Å². The van der Waals surface area contributed by atoms with E-state index in [4.69, 9.17) is 0 Å². The Kier molecular flexibility index (Phi) is 4.04. The lowest BCUT2D eigenvalue weighted by Crippen LogP contribution is -2.08. The lowest BCUT2D eigenvalue weighted by molar-refractivity contribution is 0.605. The van der Waals surface area contributed by atoms with E-state index in [1.165, 1.54) is 12.1 Å². The molecule has 0 atom stereocenters. The topological polar surface area (TPSA) is 37.8 Å². The molecule has 19 heavy (non-hydrogen) atoms. The maximum atomic E-state index is 13.8. The Hall–Kier alpha value is -2.04. The number of hydrogen-bond acceptors (Lipinski definition) is 3. The van der Waals surface area contributed by atoms with Crippen LogP contribution in [0, 0.1) is 18.6 Å². The zero-order valence-electron chi connectivity index (χ0n) is 10.9. The molecule has 1 heterocycles. The lowest BCUT2D eigenvalue weighted by Gasteiger charge is -2.09. The van der Waals surface area contributed by atoms with Crippen molar-refractivity contribution in [3.63, 3.8) is 0 Å². The van der Waals surface area contributed by atoms with Gasteiger partial charge in [0, 0.05) is 12.1 Å². The minimum Gasteiger partial charge on any atom is -0.368 e. The minimum atomic E-state index is -0.445. The first-order chi connectivity index (χ1) is 9.11. The van der Waals surface area contributed by atoms with Gasteiger partial charge in [-0.3, -0.25) is 0 Å². The molecular weight excluding hydrogens is 248 g/mol. The van der Waals surface area contributed by atoms with Crippen molar-refractivity contribution < 1.29 is 8.78 Å². The van der Waals surface area contributed by atoms with Crippen molar-refractivity contribution in [2.75, 3.05) is 11.9 Å². The third-order valence-corrected chi connectivity index (χ3v) is 2.66. The molecule has 0 radical (unpaired) electrons. The number of hydrogen-bond donors (Lipinski definition) is 1. The van der Waals surface area contributed by atoms with Gasteiger partial charge in [0.25, 0.3) is 0 Å². The quantitative estimate of drug-likeness (QED) is 0.916. The van der Waals surface area contributed by atoms with Crippen molar-refractivity contribution in [1.82, 2.24) is 9.97 Å². The smallest absolute Gasteiger partial charge is 0.186 e. The van der Waals surface area contributed by atoms with Gasteiger partial charge in [-0.2, -0.15) is 0 Å². The van der Waals surface area contributed by atoms with E-state index >= 15 is 0 Å². The molecule has 2 aromatic rings. The normalized spacial score (nSPS) is 10.5. The number of benzene rings is 1. The fourth-order valence-corrected chi connectivity index (χ4v) is 1.65. The molecule has 0 saturated carbocycles. The standard InChI is InChI=1S/C14H15F2N3/c1-3-8-17-14-12(16)9(2)18-13(19-14)10-4-6-11(15)7-5-10/h4-7H,3,8H2,1-2H3,(H,17,18,19). The maximum absolute atomic E-state index is 13.8. The monoisotopic (exact) mass is 263 g/mol. The molecule has 0 aliphatic heterocycles. The molecule has 0 bridgehead atoms. The molecule has 0 aliphatic rings. The molecule has 0 unspecified atom stereocenters. The van der Waals surface area contributed by atoms with Crippen LogP contribution >= 0.6 is 0 Å². The van der Waals surface area contributed by atoms with Crippen LogP contribution in [-0.4, -0.2) is 16.5 Å². The minimum absolute atomic E-state index is 0.189. The number of nitrogens with zero attached hydrogens (tertiary/aromatic N) is 2. The summed E-state index contributed by atoms with van der Waals surface area (Å²) in [5, 5.41) is 2.92. The number of nitrogens with one attached hydrogen (secondary N) is 1. The summed E-state index contributed by atoms with van der Waals surface area (Å²) in [5.41, 5.74) is 0.928. The van der Waals surface area contributed by atoms with Crippen LogP contribution in [0.15, 0.2) is 24.3 Å². The molecule has 100 valence electrons. The molecule has 0 fully saturated rings. The Morgan fingerprint density at radius 3 is 2.42 bits per heavy atom. The van der Waals surface area contributed by atoms with Crippen LogP contribution in [0.1, 0.15) is 19.0 Å². The van der Waals surface area contributed by atoms with E-state index in [2.05, 4.69) is 15.3 Å². The van der Waals surface area contributed by atoms with Gasteiger partial charge in [0.2, 0.25) is 0 Å². The first kappa shape index (κ1) is 13.4. The third-order valence-electron chi connectivity index (χ3n) is 2.66. The molecule has 3 nitrogen and oxygen atoms in total. The average molecular weight is 263 g/mol. The number of halogens is 2. The van der Waals surface area contributed by atoms with Gasteiger partial charge in [-0.25, -0.2) is 18.7 Å². The summed E-state index contributed by atoms with van der Waals surface area (Å²) in [6.07, 6.45) is 0.869. The molecule has 1 aromatic carbocycles. The average Bonchev–Trinajstić information content (AvgIpc) is 2.41. The van der Waals surface area contributed by atoms with Gasteiger partial charge in [0.05, 0.1) is 5.69 Å². The van der Waals surface area contributed by atoms with Gasteiger partial charge in [-0.15, -0.1) is 0 Å². The summed E-state index contributed by atoms with van der Waals surface area (Å²) in [7, 11) is 0. The van der Waals surface area contributed by atoms with Gasteiger partial charge in [0.15, 0.2) is 17.5 Å². The molecule has 0 aliphatic carbocycles. The van der Waals surface area contributed by atoms with E-state index in [1.807, 2.05) is 6.92 Å². The second-order valence-electron chi connectivity index (χ2n) is 4.23. The van der Waals surface area contributed by atoms with Gasteiger partial charge >= 0.3 is 0 Å². The molecule has 1 aromatic heterocycles. The van der Waals surface area contributed by atoms with E-state index < -0.39 is 5.82 Å². The second-order valence-corrected chi connectivity index (χ2v) is 4.23. The Bertz CT molecular complexity index is 568. The van der Waals surface area contributed by atoms with Gasteiger partial charge in [0.1, 0.15) is 5.82 Å². The molecule has 1 N–H and O–H groups in total. The van der Waals surface area contributed by atoms with Crippen molar-refractivity contribution >= 4 is 5.82 Å². The van der Waals surface area contributed by atoms with E-state index in [0.29, 0.717) is 17.9 Å². The zero-order chi connectivity index (χ0) is 13.8. The largest absolute Gasteiger partial charge is 0.368 e. The van der Waals surface area contributed by atoms with Crippen LogP contribution in [-0.2, 0) is 0 Å². The highest BCUT2D eigenvalue weighted by Crippen LogP contribution is 2.21. The van der Waals surface area contributed by atoms with E-state index in [1.54, 1.807) is 19.1 Å². The Morgan fingerprint density at radius 1 is 1.11 bits per heavy atom. The number of aryl methyl sites for hydroxylation is 1. The van der Waals surface area contributed by atoms with Gasteiger partial charge in [-0.05, 0) is 37.6 Å². The van der Waals surface area contributed by atoms with Crippen LogP contribution in [0.2, 0.25) is 0 Å². The summed E-state index contributed by atoms with van der Waals surface area (Å²) in [4.78, 5) is 8.24. The van der Waals surface area contributed by atoms with Crippen molar-refractivity contribution in [3.05, 3.63) is 41.6 Å². The van der Waals surface area contributed by atoms with E-state index in [9.17, 15) is 8.78 Å². The van der Waals surface area contributed by atoms with E-state index in [0.717, 1.165) is 6.42 Å². The summed E-state index contributed by atoms with van der Waals surface area (Å²) >= 11 is 0. The number of aromatic nitrogens is 2. The summed E-state index contributed by atoms with van der Waals surface area (Å²) < 4.78 is 26.7. The predicted molar refractivity (Wildman–Crippen MR) is 70.9 cm³/mol. The van der Waals surface area contributed by atoms with Crippen LogP contribution < -0.4 is 5.32 Å². The third kappa shape index (κ3) is 3.05. The Labute approximate surface area is 110 Å². The predicted octanol–water partition coefficient (Wildman–Crippen LogP) is 3.55. The SMILES string of the molecule is CCCNc1nc(-c2ccc(F)cc2)nc(C)c1F. The number of rotatable bonds is 4. The van der Waals surface area contributed by atoms with Gasteiger partial charge in [-0.1, -0.05) is 6.92 Å². The highest BCUT2D eigenvalue weighted by molar-refractivity contribution is 5.57. The Balaban J connectivity index is 2.40. The molecule has 2 rings (SSSR count). The van der Waals surface area contributed by atoms with Gasteiger partial charge < -0.3 is 5.32 Å². The van der Waals surface area contributed by atoms with Crippen molar-refractivity contribution in [2.45, 2.75) is 20.3 Å². The van der Waals surface area contributed by atoms with Crippen molar-refractivity contribution in [3.8, 4) is 11.4 Å². The Morgan fingerprint density at radius 2 is 1.79 bits per heavy atom. The first-order valence-electron chi connectivity index (χ1n) is 6.15. The highest BCUT2D eigenvalue weighted by Gasteiger charge is 2.12. The molecular formula is C14H15F2N3. The van der Waals surface area contributed by atoms with Crippen LogP contribution in [0.3, 0.4) is 0 Å². The molecule has 0 amide bonds. The zero-order valence-corrected chi connectivity index (χ0v) is 10.9. The fourth-order valence-electron chi connectivity index (χ4n) is 1.65. The van der Waals surface area contributed by atoms with Crippen molar-refractivity contribution in [2.24, 2.45) is 0 Å². The maximum Gasteiger partial charge on any atom is 0.186 e. The summed E-state index contributed by atoms with van der Waals surface area (Å²) in [6, 6.07) is 5.81. The lowest BCUT2D eigenvalue weighted by atomic mass is 10.2. The van der Waals surface area contributed by atoms with E-state index in [-0.39, 0.29) is 17.3 Å². The first-order valence-corrected chi connectivity index (χ1v) is 6.15. The summed E-state index contributed by atoms with van der Waals surface area (Å²) in [5.74, 6) is -0.197. The number of anilines is 1. The highest BCUT2D eigenvalue weighted by atomic mass is 19.1. The molecule has 5 heteroatoms. The molecule has 0 saturated heterocycles. The van der Waals surface area contributed by atoms with Crippen LogP contribution in [0.5, 0.6) is 0 Å². The summed E-state index contributed by atoms with van der Waals surface area (Å²) in [6.45, 7) is 4.21.